The fraction of sp³-hybridized carbons (Fsp3) is 0. The van der Waals surface area contributed by atoms with Gasteiger partial charge in [-0.05, 0) is 30.3 Å². The van der Waals surface area contributed by atoms with E-state index in [2.05, 4.69) is 67.2 Å². The largest absolute Gasteiger partial charge is 0.354 e. The van der Waals surface area contributed by atoms with Gasteiger partial charge in [0.05, 0.1) is 10.5 Å². The van der Waals surface area contributed by atoms with Crippen molar-refractivity contribution in [1.29, 1.82) is 0 Å². The van der Waals surface area contributed by atoms with Crippen LogP contribution >= 0.6 is 31.9 Å². The molecule has 0 aliphatic heterocycles. The second-order valence-electron chi connectivity index (χ2n) is 6.59. The highest BCUT2D eigenvalue weighted by Gasteiger charge is 2.15. The fourth-order valence-electron chi connectivity index (χ4n) is 3.40. The summed E-state index contributed by atoms with van der Waals surface area (Å²) < 4.78 is 2.00. The average Bonchev–Trinajstić information content (AvgIpc) is 3.14. The Labute approximate surface area is 190 Å². The van der Waals surface area contributed by atoms with Crippen molar-refractivity contribution in [2.45, 2.75) is 0 Å². The monoisotopic (exact) mass is 522 g/mol. The molecular formula is C24H16Br2N2O2. The number of nitrogens with zero attached hydrogens (tertiary/aromatic N) is 1. The average molecular weight is 524 g/mol. The van der Waals surface area contributed by atoms with Gasteiger partial charge >= 0.3 is 0 Å². The fourth-order valence-corrected chi connectivity index (χ4v) is 4.48. The molecule has 6 heteroatoms. The maximum Gasteiger partial charge on any atom is 0.277 e. The number of aromatic nitrogens is 1. The smallest absolute Gasteiger partial charge is 0.277 e. The van der Waals surface area contributed by atoms with E-state index in [9.17, 15) is 10.1 Å². The highest BCUT2D eigenvalue weighted by Crippen LogP contribution is 2.34. The Balaban J connectivity index is 0.000000146. The maximum absolute atomic E-state index is 10.9. The zero-order valence-electron chi connectivity index (χ0n) is 15.7. The Morgan fingerprint density at radius 2 is 1.27 bits per heavy atom. The Morgan fingerprint density at radius 1 is 0.667 bits per heavy atom. The van der Waals surface area contributed by atoms with Crippen LogP contribution in [0.1, 0.15) is 0 Å². The number of para-hydroxylation sites is 2. The minimum Gasteiger partial charge on any atom is -0.354 e. The second kappa shape index (κ2) is 8.81. The number of H-pyrrole nitrogens is 1. The van der Waals surface area contributed by atoms with Crippen molar-refractivity contribution in [1.82, 2.24) is 4.98 Å². The summed E-state index contributed by atoms with van der Waals surface area (Å²) in [6.45, 7) is 0. The summed E-state index contributed by atoms with van der Waals surface area (Å²) in [7, 11) is 0. The molecule has 0 radical (unpaired) electrons. The van der Waals surface area contributed by atoms with Crippen LogP contribution in [-0.2, 0) is 0 Å². The van der Waals surface area contributed by atoms with Gasteiger partial charge in [0.1, 0.15) is 0 Å². The molecule has 1 heterocycles. The van der Waals surface area contributed by atoms with Crippen molar-refractivity contribution in [3.8, 4) is 11.1 Å². The Bertz CT molecular complexity index is 1360. The van der Waals surface area contributed by atoms with E-state index in [4.69, 9.17) is 0 Å². The highest BCUT2D eigenvalue weighted by molar-refractivity contribution is 9.11. The van der Waals surface area contributed by atoms with Crippen molar-refractivity contribution in [3.05, 3.63) is 110 Å². The summed E-state index contributed by atoms with van der Waals surface area (Å²) in [5, 5.41) is 13.4. The van der Waals surface area contributed by atoms with Crippen LogP contribution in [0.3, 0.4) is 0 Å². The third-order valence-electron chi connectivity index (χ3n) is 4.74. The summed E-state index contributed by atoms with van der Waals surface area (Å²) in [5.41, 5.74) is 3.94. The van der Waals surface area contributed by atoms with Crippen molar-refractivity contribution >= 4 is 59.4 Å². The first kappa shape index (κ1) is 20.3. The summed E-state index contributed by atoms with van der Waals surface area (Å²) in [4.78, 5) is 13.9. The molecule has 4 nitrogen and oxygen atoms in total. The van der Waals surface area contributed by atoms with E-state index in [-0.39, 0.29) is 10.6 Å². The van der Waals surface area contributed by atoms with E-state index in [1.165, 1.54) is 27.9 Å². The minimum atomic E-state index is -0.366. The van der Waals surface area contributed by atoms with Crippen molar-refractivity contribution in [3.63, 3.8) is 0 Å². The molecule has 0 saturated carbocycles. The SMILES string of the molecule is Brc1cccc2[nH]c3ccccc3c12.O=[N+]([O-])c1ccccc1-c1ccccc1Br. The van der Waals surface area contributed by atoms with Crippen molar-refractivity contribution < 1.29 is 4.92 Å². The van der Waals surface area contributed by atoms with Crippen LogP contribution in [0.5, 0.6) is 0 Å². The van der Waals surface area contributed by atoms with E-state index in [1.807, 2.05) is 36.4 Å². The van der Waals surface area contributed by atoms with Gasteiger partial charge in [0.2, 0.25) is 0 Å². The van der Waals surface area contributed by atoms with Crippen LogP contribution in [0, 0.1) is 10.1 Å². The first-order valence-electron chi connectivity index (χ1n) is 9.19. The number of hydrogen-bond donors (Lipinski definition) is 1. The number of halogens is 2. The van der Waals surface area contributed by atoms with Gasteiger partial charge in [0, 0.05) is 42.4 Å². The van der Waals surface area contributed by atoms with Gasteiger partial charge < -0.3 is 4.98 Å². The number of rotatable bonds is 2. The Hall–Kier alpha value is -2.96. The summed E-state index contributed by atoms with van der Waals surface area (Å²) >= 11 is 6.97. The normalized spacial score (nSPS) is 10.6. The lowest BCUT2D eigenvalue weighted by atomic mass is 10.0. The molecule has 0 fully saturated rings. The van der Waals surface area contributed by atoms with E-state index in [0.29, 0.717) is 5.56 Å². The van der Waals surface area contributed by atoms with Crippen molar-refractivity contribution in [2.75, 3.05) is 0 Å². The molecule has 1 N–H and O–H groups in total. The number of nitrogens with one attached hydrogen (secondary N) is 1. The van der Waals surface area contributed by atoms with Crippen LogP contribution in [0.4, 0.5) is 5.69 Å². The molecule has 0 saturated heterocycles. The van der Waals surface area contributed by atoms with Gasteiger partial charge in [-0.15, -0.1) is 0 Å². The summed E-state index contributed by atoms with van der Waals surface area (Å²) in [5.74, 6) is 0. The van der Waals surface area contributed by atoms with Crippen LogP contribution in [0.2, 0.25) is 0 Å². The standard InChI is InChI=1S/C12H8BrNO2.C12H8BrN/c13-11-7-3-1-5-9(11)10-6-2-4-8-12(10)14(15)16;13-9-5-3-7-11-12(9)8-4-1-2-6-10(8)14-11/h1-8H;1-7,14H. The molecule has 5 rings (SSSR count). The third kappa shape index (κ3) is 4.01. The molecule has 0 aliphatic carbocycles. The zero-order chi connectivity index (χ0) is 21.1. The highest BCUT2D eigenvalue weighted by atomic mass is 79.9. The minimum absolute atomic E-state index is 0.120. The molecule has 0 amide bonds. The van der Waals surface area contributed by atoms with Crippen LogP contribution in [0.15, 0.2) is 99.9 Å². The molecule has 30 heavy (non-hydrogen) atoms. The third-order valence-corrected chi connectivity index (χ3v) is 6.10. The van der Waals surface area contributed by atoms with Gasteiger partial charge in [-0.1, -0.05) is 86.5 Å². The Morgan fingerprint density at radius 3 is 2.03 bits per heavy atom. The molecule has 0 bridgehead atoms. The number of benzene rings is 4. The second-order valence-corrected chi connectivity index (χ2v) is 8.30. The van der Waals surface area contributed by atoms with Gasteiger partial charge in [-0.25, -0.2) is 0 Å². The predicted octanol–water partition coefficient (Wildman–Crippen LogP) is 8.11. The van der Waals surface area contributed by atoms with Crippen LogP contribution < -0.4 is 0 Å². The van der Waals surface area contributed by atoms with Crippen LogP contribution in [0.25, 0.3) is 32.9 Å². The summed E-state index contributed by atoms with van der Waals surface area (Å²) in [6.07, 6.45) is 0. The molecule has 0 aliphatic rings. The van der Waals surface area contributed by atoms with Gasteiger partial charge in [0.15, 0.2) is 0 Å². The number of nitro groups is 1. The predicted molar refractivity (Wildman–Crippen MR) is 130 cm³/mol. The zero-order valence-corrected chi connectivity index (χ0v) is 18.9. The number of nitro benzene ring substituents is 1. The van der Waals surface area contributed by atoms with Gasteiger partial charge in [-0.3, -0.25) is 10.1 Å². The van der Waals surface area contributed by atoms with Gasteiger partial charge in [0.25, 0.3) is 5.69 Å². The first-order valence-corrected chi connectivity index (χ1v) is 10.8. The molecule has 0 spiro atoms. The lowest BCUT2D eigenvalue weighted by Crippen LogP contribution is -1.91. The topological polar surface area (TPSA) is 58.9 Å². The molecule has 4 aromatic carbocycles. The van der Waals surface area contributed by atoms with E-state index in [1.54, 1.807) is 18.2 Å². The van der Waals surface area contributed by atoms with E-state index < -0.39 is 0 Å². The molecule has 5 aromatic rings. The van der Waals surface area contributed by atoms with E-state index >= 15 is 0 Å². The molecular weight excluding hydrogens is 508 g/mol. The van der Waals surface area contributed by atoms with Gasteiger partial charge in [-0.2, -0.15) is 0 Å². The quantitative estimate of drug-likeness (QED) is 0.187. The van der Waals surface area contributed by atoms with Crippen LogP contribution in [-0.4, -0.2) is 9.91 Å². The van der Waals surface area contributed by atoms with Crippen molar-refractivity contribution in [2.24, 2.45) is 0 Å². The first-order chi connectivity index (χ1) is 14.6. The molecule has 148 valence electrons. The molecule has 1 aromatic heterocycles. The Kier molecular flexibility index (Phi) is 5.97. The maximum atomic E-state index is 10.9. The summed E-state index contributed by atoms with van der Waals surface area (Å²) in [6, 6.07) is 28.7. The number of fused-ring (bicyclic) bond motifs is 3. The lowest BCUT2D eigenvalue weighted by Gasteiger charge is -2.04. The number of aromatic amines is 1. The molecule has 0 unspecified atom stereocenters. The molecule has 0 atom stereocenters. The van der Waals surface area contributed by atoms with E-state index in [0.717, 1.165) is 14.5 Å². The lowest BCUT2D eigenvalue weighted by molar-refractivity contribution is -0.384. The number of hydrogen-bond acceptors (Lipinski definition) is 2.